The van der Waals surface area contributed by atoms with Gasteiger partial charge in [0, 0.05) is 16.9 Å². The predicted octanol–water partition coefficient (Wildman–Crippen LogP) is 3.48. The number of benzene rings is 1. The highest BCUT2D eigenvalue weighted by molar-refractivity contribution is 7.99. The van der Waals surface area contributed by atoms with E-state index in [1.807, 2.05) is 31.2 Å². The van der Waals surface area contributed by atoms with Gasteiger partial charge in [0.2, 0.25) is 0 Å². The molecule has 1 unspecified atom stereocenters. The monoisotopic (exact) mass is 245 g/mol. The van der Waals surface area contributed by atoms with Crippen LogP contribution in [0, 0.1) is 12.1 Å². The van der Waals surface area contributed by atoms with Crippen molar-refractivity contribution >= 4 is 11.8 Å². The first kappa shape index (κ1) is 12.0. The quantitative estimate of drug-likeness (QED) is 0.470. The van der Waals surface area contributed by atoms with Crippen molar-refractivity contribution in [2.24, 2.45) is 0 Å². The lowest BCUT2D eigenvalue weighted by atomic mass is 10.2. The number of hydrogen-bond donors (Lipinski definition) is 0. The lowest BCUT2D eigenvalue weighted by molar-refractivity contribution is -0.646. The van der Waals surface area contributed by atoms with Gasteiger partial charge >= 0.3 is 0 Å². The number of nitrogens with zero attached hydrogens (tertiary/aromatic N) is 1. The van der Waals surface area contributed by atoms with E-state index >= 15 is 0 Å². The fraction of sp³-hybridized carbons (Fsp3) is 0.214. The van der Waals surface area contributed by atoms with E-state index in [0.29, 0.717) is 0 Å². The molecule has 0 aliphatic carbocycles. The lowest BCUT2D eigenvalue weighted by Gasteiger charge is -2.12. The third-order valence-corrected chi connectivity index (χ3v) is 4.01. The number of hydrogen-bond acceptors (Lipinski definition) is 2. The topological polar surface area (TPSA) is 26.9 Å². The Morgan fingerprint density at radius 2 is 1.82 bits per heavy atom. The molecule has 2 nitrogen and oxygen atoms in total. The minimum Gasteiger partial charge on any atom is -0.618 e. The highest BCUT2D eigenvalue weighted by Gasteiger charge is 2.15. The first-order valence-corrected chi connectivity index (χ1v) is 6.47. The Labute approximate surface area is 106 Å². The van der Waals surface area contributed by atoms with Crippen LogP contribution in [0.3, 0.4) is 0 Å². The second-order valence-electron chi connectivity index (χ2n) is 3.99. The Hall–Kier alpha value is -1.48. The van der Waals surface area contributed by atoms with Gasteiger partial charge in [0.1, 0.15) is 0 Å². The summed E-state index contributed by atoms with van der Waals surface area (Å²) >= 11 is 1.60. The highest BCUT2D eigenvalue weighted by Crippen LogP contribution is 2.33. The Kier molecular flexibility index (Phi) is 3.69. The second kappa shape index (κ2) is 5.23. The molecule has 1 aromatic carbocycles. The average Bonchev–Trinajstić information content (AvgIpc) is 2.35. The SMILES string of the molecule is Cc1ccc[n+]([O-])c1SC(C)c1ccccc1. The maximum absolute atomic E-state index is 11.7. The minimum absolute atomic E-state index is 0.275. The van der Waals surface area contributed by atoms with Crippen LogP contribution in [0.2, 0.25) is 0 Å². The normalized spacial score (nSPS) is 12.4. The van der Waals surface area contributed by atoms with Crippen molar-refractivity contribution in [1.29, 1.82) is 0 Å². The van der Waals surface area contributed by atoms with E-state index in [2.05, 4.69) is 19.1 Å². The summed E-state index contributed by atoms with van der Waals surface area (Å²) in [6.45, 7) is 4.08. The summed E-state index contributed by atoms with van der Waals surface area (Å²) in [7, 11) is 0. The molecule has 0 aliphatic rings. The Balaban J connectivity index is 2.22. The van der Waals surface area contributed by atoms with E-state index < -0.39 is 0 Å². The van der Waals surface area contributed by atoms with Crippen molar-refractivity contribution in [2.45, 2.75) is 24.1 Å². The van der Waals surface area contributed by atoms with E-state index in [1.165, 1.54) is 5.56 Å². The second-order valence-corrected chi connectivity index (χ2v) is 5.32. The Bertz CT molecular complexity index is 479. The van der Waals surface area contributed by atoms with Crippen LogP contribution >= 0.6 is 11.8 Å². The summed E-state index contributed by atoms with van der Waals surface area (Å²) in [6.07, 6.45) is 1.55. The van der Waals surface area contributed by atoms with Crippen LogP contribution in [0.15, 0.2) is 53.7 Å². The highest BCUT2D eigenvalue weighted by atomic mass is 32.2. The van der Waals surface area contributed by atoms with Gasteiger partial charge in [0.15, 0.2) is 6.20 Å². The number of rotatable bonds is 3. The lowest BCUT2D eigenvalue weighted by Crippen LogP contribution is -2.29. The summed E-state index contributed by atoms with van der Waals surface area (Å²) in [6, 6.07) is 14.0. The molecule has 0 spiro atoms. The van der Waals surface area contributed by atoms with Gasteiger partial charge in [-0.2, -0.15) is 4.73 Å². The summed E-state index contributed by atoms with van der Waals surface area (Å²) in [5, 5.41) is 12.8. The predicted molar refractivity (Wildman–Crippen MR) is 70.9 cm³/mol. The van der Waals surface area contributed by atoms with Crippen molar-refractivity contribution in [1.82, 2.24) is 0 Å². The van der Waals surface area contributed by atoms with E-state index in [4.69, 9.17) is 0 Å². The summed E-state index contributed by atoms with van der Waals surface area (Å²) in [5.41, 5.74) is 2.26. The third-order valence-electron chi connectivity index (χ3n) is 2.66. The maximum atomic E-state index is 11.7. The molecule has 0 amide bonds. The van der Waals surface area contributed by atoms with E-state index in [0.717, 1.165) is 15.3 Å². The van der Waals surface area contributed by atoms with Crippen LogP contribution < -0.4 is 4.73 Å². The van der Waals surface area contributed by atoms with Gasteiger partial charge in [0.05, 0.1) is 0 Å². The standard InChI is InChI=1S/C14H15NOS/c1-11-7-6-10-15(16)14(11)17-12(2)13-8-4-3-5-9-13/h3-10,12H,1-2H3. The van der Waals surface area contributed by atoms with Crippen LogP contribution in [0.4, 0.5) is 0 Å². The zero-order chi connectivity index (χ0) is 12.3. The number of pyridine rings is 1. The van der Waals surface area contributed by atoms with Gasteiger partial charge in [-0.1, -0.05) is 30.3 Å². The number of aryl methyl sites for hydroxylation is 1. The van der Waals surface area contributed by atoms with Crippen molar-refractivity contribution in [2.75, 3.05) is 0 Å². The average molecular weight is 245 g/mol. The van der Waals surface area contributed by atoms with Gasteiger partial charge in [-0.15, -0.1) is 0 Å². The van der Waals surface area contributed by atoms with Crippen molar-refractivity contribution < 1.29 is 4.73 Å². The van der Waals surface area contributed by atoms with Crippen molar-refractivity contribution in [3.8, 4) is 0 Å². The molecule has 2 aromatic rings. The van der Waals surface area contributed by atoms with E-state index in [9.17, 15) is 5.21 Å². The first-order chi connectivity index (χ1) is 8.18. The minimum atomic E-state index is 0.275. The number of aromatic nitrogens is 1. The summed E-state index contributed by atoms with van der Waals surface area (Å²) < 4.78 is 0.944. The van der Waals surface area contributed by atoms with Crippen LogP contribution in [0.5, 0.6) is 0 Å². The van der Waals surface area contributed by atoms with Gasteiger partial charge in [-0.25, -0.2) is 0 Å². The zero-order valence-corrected chi connectivity index (χ0v) is 10.8. The molecule has 3 heteroatoms. The molecule has 0 radical (unpaired) electrons. The third kappa shape index (κ3) is 2.80. The molecular formula is C14H15NOS. The van der Waals surface area contributed by atoms with Gasteiger partial charge in [-0.3, -0.25) is 0 Å². The molecule has 0 saturated carbocycles. The molecule has 1 atom stereocenters. The fourth-order valence-electron chi connectivity index (χ4n) is 1.68. The Morgan fingerprint density at radius 1 is 1.12 bits per heavy atom. The molecule has 0 aliphatic heterocycles. The number of thioether (sulfide) groups is 1. The fourth-order valence-corrected chi connectivity index (χ4v) is 2.73. The van der Waals surface area contributed by atoms with Gasteiger partial charge < -0.3 is 5.21 Å². The molecule has 88 valence electrons. The summed E-state index contributed by atoms with van der Waals surface area (Å²) in [4.78, 5) is 0. The first-order valence-electron chi connectivity index (χ1n) is 5.59. The molecule has 0 saturated heterocycles. The molecule has 0 bridgehead atoms. The van der Waals surface area contributed by atoms with E-state index in [1.54, 1.807) is 24.0 Å². The smallest absolute Gasteiger partial charge is 0.254 e. The molecule has 1 heterocycles. The molecular weight excluding hydrogens is 230 g/mol. The largest absolute Gasteiger partial charge is 0.618 e. The zero-order valence-electron chi connectivity index (χ0n) is 9.96. The maximum Gasteiger partial charge on any atom is 0.254 e. The van der Waals surface area contributed by atoms with Gasteiger partial charge in [0.25, 0.3) is 5.03 Å². The van der Waals surface area contributed by atoms with Crippen LogP contribution in [-0.4, -0.2) is 0 Å². The van der Waals surface area contributed by atoms with Crippen LogP contribution in [0.25, 0.3) is 0 Å². The molecule has 2 rings (SSSR count). The molecule has 0 fully saturated rings. The van der Waals surface area contributed by atoms with Crippen molar-refractivity contribution in [3.05, 3.63) is 65.0 Å². The van der Waals surface area contributed by atoms with Crippen LogP contribution in [0.1, 0.15) is 23.3 Å². The van der Waals surface area contributed by atoms with Crippen molar-refractivity contribution in [3.63, 3.8) is 0 Å². The molecule has 0 N–H and O–H groups in total. The molecule has 17 heavy (non-hydrogen) atoms. The van der Waals surface area contributed by atoms with Gasteiger partial charge in [-0.05, 0) is 37.2 Å². The van der Waals surface area contributed by atoms with Crippen LogP contribution in [-0.2, 0) is 0 Å². The summed E-state index contributed by atoms with van der Waals surface area (Å²) in [5.74, 6) is 0. The van der Waals surface area contributed by atoms with E-state index in [-0.39, 0.29) is 5.25 Å². The molecule has 1 aromatic heterocycles. The Morgan fingerprint density at radius 3 is 2.47 bits per heavy atom.